The molecule has 0 saturated heterocycles. The summed E-state index contributed by atoms with van der Waals surface area (Å²) in [6.07, 6.45) is 1.68. The summed E-state index contributed by atoms with van der Waals surface area (Å²) in [6.45, 7) is 5.50. The first kappa shape index (κ1) is 8.74. The normalized spacial score (nSPS) is 12.5. The number of hydrogen-bond acceptors (Lipinski definition) is 3. The van der Waals surface area contributed by atoms with Gasteiger partial charge < -0.3 is 11.5 Å². The van der Waals surface area contributed by atoms with Crippen molar-refractivity contribution >= 4 is 5.82 Å². The number of pyridine rings is 1. The number of nitrogens with two attached hydrogens (primary N) is 2. The molecule has 0 aliphatic heterocycles. The van der Waals surface area contributed by atoms with E-state index in [1.165, 1.54) is 0 Å². The van der Waals surface area contributed by atoms with E-state index in [1.54, 1.807) is 12.1 Å². The number of aromatic nitrogens is 1. The van der Waals surface area contributed by atoms with Crippen molar-refractivity contribution in [3.05, 3.63) is 36.0 Å². The van der Waals surface area contributed by atoms with Crippen molar-refractivity contribution in [1.29, 1.82) is 0 Å². The fourth-order valence-corrected chi connectivity index (χ4v) is 1.07. The van der Waals surface area contributed by atoms with E-state index in [1.807, 2.05) is 13.0 Å². The van der Waals surface area contributed by atoms with Crippen LogP contribution in [-0.4, -0.2) is 4.98 Å². The highest BCUT2D eigenvalue weighted by Crippen LogP contribution is 2.15. The zero-order valence-electron chi connectivity index (χ0n) is 7.12. The van der Waals surface area contributed by atoms with Crippen molar-refractivity contribution in [3.63, 3.8) is 0 Å². The summed E-state index contributed by atoms with van der Waals surface area (Å²) in [7, 11) is 0. The molecule has 0 amide bonds. The molecule has 0 aliphatic carbocycles. The molecule has 0 aromatic carbocycles. The molecule has 0 spiro atoms. The zero-order valence-corrected chi connectivity index (χ0v) is 7.12. The Bertz CT molecular complexity index is 294. The minimum absolute atomic E-state index is 0.155. The second kappa shape index (κ2) is 3.36. The lowest BCUT2D eigenvalue weighted by Gasteiger charge is -2.09. The van der Waals surface area contributed by atoms with Gasteiger partial charge in [0.1, 0.15) is 5.82 Å². The molecule has 4 N–H and O–H groups in total. The number of hydrogen-bond donors (Lipinski definition) is 2. The Kier molecular flexibility index (Phi) is 2.45. The summed E-state index contributed by atoms with van der Waals surface area (Å²) in [5.41, 5.74) is 13.1. The molecule has 3 heteroatoms. The summed E-state index contributed by atoms with van der Waals surface area (Å²) in [6, 6.07) is 3.47. The predicted octanol–water partition coefficient (Wildman–Crippen LogP) is 1.16. The van der Waals surface area contributed by atoms with E-state index < -0.39 is 0 Å². The average Bonchev–Trinajstić information content (AvgIpc) is 2.03. The maximum absolute atomic E-state index is 5.75. The van der Waals surface area contributed by atoms with E-state index in [2.05, 4.69) is 11.6 Å². The molecule has 0 bridgehead atoms. The van der Waals surface area contributed by atoms with Gasteiger partial charge in [0.2, 0.25) is 0 Å². The third-order valence-electron chi connectivity index (χ3n) is 1.76. The van der Waals surface area contributed by atoms with Crippen LogP contribution >= 0.6 is 0 Å². The van der Waals surface area contributed by atoms with Crippen LogP contribution in [0.25, 0.3) is 0 Å². The molecule has 1 atom stereocenters. The quantitative estimate of drug-likeness (QED) is 0.643. The smallest absolute Gasteiger partial charge is 0.123 e. The summed E-state index contributed by atoms with van der Waals surface area (Å²) < 4.78 is 0. The molecule has 12 heavy (non-hydrogen) atoms. The van der Waals surface area contributed by atoms with E-state index in [0.29, 0.717) is 5.82 Å². The largest absolute Gasteiger partial charge is 0.384 e. The minimum Gasteiger partial charge on any atom is -0.384 e. The van der Waals surface area contributed by atoms with Crippen LogP contribution < -0.4 is 11.5 Å². The Hall–Kier alpha value is -1.35. The highest BCUT2D eigenvalue weighted by molar-refractivity contribution is 5.36. The van der Waals surface area contributed by atoms with Crippen LogP contribution in [0.15, 0.2) is 24.8 Å². The van der Waals surface area contributed by atoms with Crippen molar-refractivity contribution < 1.29 is 0 Å². The van der Waals surface area contributed by atoms with E-state index in [-0.39, 0.29) is 6.04 Å². The van der Waals surface area contributed by atoms with Gasteiger partial charge in [-0.1, -0.05) is 12.1 Å². The van der Waals surface area contributed by atoms with Gasteiger partial charge in [-0.3, -0.25) is 0 Å². The average molecular weight is 163 g/mol. The van der Waals surface area contributed by atoms with Gasteiger partial charge in [0.25, 0.3) is 0 Å². The van der Waals surface area contributed by atoms with Gasteiger partial charge in [-0.25, -0.2) is 4.98 Å². The van der Waals surface area contributed by atoms with Crippen molar-refractivity contribution in [2.75, 3.05) is 5.73 Å². The molecule has 0 aliphatic rings. The third kappa shape index (κ3) is 1.62. The third-order valence-corrected chi connectivity index (χ3v) is 1.76. The van der Waals surface area contributed by atoms with Gasteiger partial charge in [-0.05, 0) is 18.6 Å². The first-order valence-corrected chi connectivity index (χ1v) is 3.76. The fraction of sp³-hybridized carbons (Fsp3) is 0.222. The summed E-state index contributed by atoms with van der Waals surface area (Å²) >= 11 is 0. The van der Waals surface area contributed by atoms with Gasteiger partial charge in [0.05, 0.1) is 0 Å². The van der Waals surface area contributed by atoms with E-state index in [0.717, 1.165) is 11.3 Å². The molecule has 0 radical (unpaired) electrons. The van der Waals surface area contributed by atoms with Crippen molar-refractivity contribution in [2.45, 2.75) is 13.0 Å². The van der Waals surface area contributed by atoms with Crippen molar-refractivity contribution in [3.8, 4) is 0 Å². The van der Waals surface area contributed by atoms with Crippen LogP contribution in [0.2, 0.25) is 0 Å². The predicted molar refractivity (Wildman–Crippen MR) is 50.5 cm³/mol. The van der Waals surface area contributed by atoms with Crippen LogP contribution in [0, 0.1) is 6.92 Å². The van der Waals surface area contributed by atoms with E-state index >= 15 is 0 Å². The Morgan fingerprint density at radius 1 is 1.58 bits per heavy atom. The molecule has 1 heterocycles. The van der Waals surface area contributed by atoms with Crippen LogP contribution in [-0.2, 0) is 0 Å². The SMILES string of the molecule is C=C[C@@H](N)c1ccc(N)nc1C. The number of aryl methyl sites for hydroxylation is 1. The lowest BCUT2D eigenvalue weighted by molar-refractivity contribution is 0.886. The lowest BCUT2D eigenvalue weighted by Crippen LogP contribution is -2.09. The van der Waals surface area contributed by atoms with Gasteiger partial charge in [-0.15, -0.1) is 6.58 Å². The Morgan fingerprint density at radius 2 is 2.25 bits per heavy atom. The molecule has 1 rings (SSSR count). The minimum atomic E-state index is -0.155. The second-order valence-corrected chi connectivity index (χ2v) is 2.67. The van der Waals surface area contributed by atoms with Gasteiger partial charge in [-0.2, -0.15) is 0 Å². The lowest BCUT2D eigenvalue weighted by atomic mass is 10.1. The highest BCUT2D eigenvalue weighted by atomic mass is 14.8. The summed E-state index contributed by atoms with van der Waals surface area (Å²) in [4.78, 5) is 4.09. The molecule has 0 saturated carbocycles. The van der Waals surface area contributed by atoms with Crippen molar-refractivity contribution in [1.82, 2.24) is 4.98 Å². The van der Waals surface area contributed by atoms with Crippen LogP contribution in [0.5, 0.6) is 0 Å². The molecule has 1 aromatic heterocycles. The van der Waals surface area contributed by atoms with Crippen LogP contribution in [0.3, 0.4) is 0 Å². The Balaban J connectivity index is 3.09. The van der Waals surface area contributed by atoms with Crippen LogP contribution in [0.1, 0.15) is 17.3 Å². The number of anilines is 1. The Morgan fingerprint density at radius 3 is 2.75 bits per heavy atom. The summed E-state index contributed by atoms with van der Waals surface area (Å²) in [5, 5.41) is 0. The molecule has 0 fully saturated rings. The standard InChI is InChI=1S/C9H13N3/c1-3-8(10)7-4-5-9(11)12-6(7)2/h3-5,8H,1,10H2,2H3,(H2,11,12)/t8-/m1/s1. The monoisotopic (exact) mass is 163 g/mol. The maximum Gasteiger partial charge on any atom is 0.123 e. The molecular weight excluding hydrogens is 150 g/mol. The first-order valence-electron chi connectivity index (χ1n) is 3.76. The van der Waals surface area contributed by atoms with E-state index in [4.69, 9.17) is 11.5 Å². The summed E-state index contributed by atoms with van der Waals surface area (Å²) in [5.74, 6) is 0.521. The highest BCUT2D eigenvalue weighted by Gasteiger charge is 2.05. The van der Waals surface area contributed by atoms with Crippen molar-refractivity contribution in [2.24, 2.45) is 5.73 Å². The Labute approximate surface area is 72.1 Å². The van der Waals surface area contributed by atoms with Gasteiger partial charge in [0.15, 0.2) is 0 Å². The molecule has 1 aromatic rings. The molecule has 3 nitrogen and oxygen atoms in total. The first-order chi connectivity index (χ1) is 5.65. The number of nitrogen functional groups attached to an aromatic ring is 1. The van der Waals surface area contributed by atoms with Crippen LogP contribution in [0.4, 0.5) is 5.82 Å². The molecule has 64 valence electrons. The fourth-order valence-electron chi connectivity index (χ4n) is 1.07. The van der Waals surface area contributed by atoms with Gasteiger partial charge >= 0.3 is 0 Å². The molecular formula is C9H13N3. The topological polar surface area (TPSA) is 64.9 Å². The molecule has 0 unspecified atom stereocenters. The zero-order chi connectivity index (χ0) is 9.14. The number of rotatable bonds is 2. The van der Waals surface area contributed by atoms with E-state index in [9.17, 15) is 0 Å². The maximum atomic E-state index is 5.75. The number of nitrogens with zero attached hydrogens (tertiary/aromatic N) is 1. The van der Waals surface area contributed by atoms with Gasteiger partial charge in [0, 0.05) is 11.7 Å². The second-order valence-electron chi connectivity index (χ2n) is 2.67.